The summed E-state index contributed by atoms with van der Waals surface area (Å²) in [4.78, 5) is 10.5. The van der Waals surface area contributed by atoms with Gasteiger partial charge in [0.05, 0.1) is 5.69 Å². The Morgan fingerprint density at radius 2 is 2.13 bits per heavy atom. The Kier molecular flexibility index (Phi) is 2.55. The zero-order valence-electron chi connectivity index (χ0n) is 8.64. The first kappa shape index (κ1) is 9.92. The van der Waals surface area contributed by atoms with Crippen LogP contribution in [0.15, 0.2) is 23.7 Å². The van der Waals surface area contributed by atoms with Crippen molar-refractivity contribution in [2.24, 2.45) is 0 Å². The summed E-state index contributed by atoms with van der Waals surface area (Å²) in [5.74, 6) is 0.932. The predicted molar refractivity (Wildman–Crippen MR) is 64.1 cm³/mol. The van der Waals surface area contributed by atoms with E-state index in [1.54, 1.807) is 0 Å². The van der Waals surface area contributed by atoms with Gasteiger partial charge in [-0.1, -0.05) is 0 Å². The predicted octanol–water partition coefficient (Wildman–Crippen LogP) is 1.85. The number of thiazole rings is 1. The van der Waals surface area contributed by atoms with Gasteiger partial charge in [-0.25, -0.2) is 9.97 Å². The molecule has 0 spiro atoms. The summed E-state index contributed by atoms with van der Waals surface area (Å²) in [6.07, 6.45) is 1.81. The average molecular weight is 220 g/mol. The fourth-order valence-corrected chi connectivity index (χ4v) is 1.79. The standard InChI is InChI=1S/C10H12N4S/c1-14(2)9-4-3-7(5-12-9)8-6-15-10(11)13-8/h3-6H,1-2H3,(H2,11,13). The number of nitrogens with zero attached hydrogens (tertiary/aromatic N) is 3. The van der Waals surface area contributed by atoms with Crippen molar-refractivity contribution in [1.29, 1.82) is 0 Å². The van der Waals surface area contributed by atoms with Crippen LogP contribution in [0.3, 0.4) is 0 Å². The van der Waals surface area contributed by atoms with E-state index < -0.39 is 0 Å². The van der Waals surface area contributed by atoms with Crippen molar-refractivity contribution >= 4 is 22.3 Å². The Morgan fingerprint density at radius 1 is 1.33 bits per heavy atom. The van der Waals surface area contributed by atoms with Gasteiger partial charge >= 0.3 is 0 Å². The Bertz CT molecular complexity index is 447. The van der Waals surface area contributed by atoms with Gasteiger partial charge in [0.2, 0.25) is 0 Å². The van der Waals surface area contributed by atoms with Gasteiger partial charge in [-0.3, -0.25) is 0 Å². The van der Waals surface area contributed by atoms with Crippen LogP contribution in [0.5, 0.6) is 0 Å². The molecule has 5 heteroatoms. The van der Waals surface area contributed by atoms with E-state index in [1.807, 2.05) is 42.7 Å². The van der Waals surface area contributed by atoms with Crippen molar-refractivity contribution in [1.82, 2.24) is 9.97 Å². The lowest BCUT2D eigenvalue weighted by Gasteiger charge is -2.10. The molecule has 0 radical (unpaired) electrons. The Hall–Kier alpha value is -1.62. The molecule has 15 heavy (non-hydrogen) atoms. The summed E-state index contributed by atoms with van der Waals surface area (Å²) in [5.41, 5.74) is 7.45. The molecule has 2 aromatic heterocycles. The summed E-state index contributed by atoms with van der Waals surface area (Å²) in [6.45, 7) is 0. The highest BCUT2D eigenvalue weighted by atomic mass is 32.1. The lowest BCUT2D eigenvalue weighted by atomic mass is 10.2. The lowest BCUT2D eigenvalue weighted by Crippen LogP contribution is -2.09. The molecule has 2 heterocycles. The van der Waals surface area contributed by atoms with Crippen LogP contribution in [-0.4, -0.2) is 24.1 Å². The monoisotopic (exact) mass is 220 g/mol. The van der Waals surface area contributed by atoms with E-state index in [0.29, 0.717) is 5.13 Å². The van der Waals surface area contributed by atoms with Gasteiger partial charge in [0.15, 0.2) is 5.13 Å². The Labute approximate surface area is 92.4 Å². The van der Waals surface area contributed by atoms with Crippen molar-refractivity contribution in [2.75, 3.05) is 24.7 Å². The van der Waals surface area contributed by atoms with Gasteiger partial charge in [-0.15, -0.1) is 11.3 Å². The number of pyridine rings is 1. The maximum absolute atomic E-state index is 5.57. The fourth-order valence-electron chi connectivity index (χ4n) is 1.22. The van der Waals surface area contributed by atoms with Crippen LogP contribution >= 0.6 is 11.3 Å². The molecule has 0 aliphatic carbocycles. The normalized spacial score (nSPS) is 10.3. The molecular formula is C10H12N4S. The number of nitrogens with two attached hydrogens (primary N) is 1. The maximum atomic E-state index is 5.57. The third-order valence-corrected chi connectivity index (χ3v) is 2.70. The lowest BCUT2D eigenvalue weighted by molar-refractivity contribution is 1.07. The quantitative estimate of drug-likeness (QED) is 0.839. The minimum Gasteiger partial charge on any atom is -0.375 e. The van der Waals surface area contributed by atoms with Gasteiger partial charge in [0.25, 0.3) is 0 Å². The zero-order valence-corrected chi connectivity index (χ0v) is 9.45. The van der Waals surface area contributed by atoms with Gasteiger partial charge in [-0.05, 0) is 12.1 Å². The minimum absolute atomic E-state index is 0.585. The van der Waals surface area contributed by atoms with Gasteiger partial charge in [0, 0.05) is 31.2 Å². The first-order valence-corrected chi connectivity index (χ1v) is 5.39. The number of rotatable bonds is 2. The molecule has 78 valence electrons. The highest BCUT2D eigenvalue weighted by molar-refractivity contribution is 7.13. The third-order valence-electron chi connectivity index (χ3n) is 2.02. The van der Waals surface area contributed by atoms with Crippen LogP contribution in [0.4, 0.5) is 10.9 Å². The van der Waals surface area contributed by atoms with E-state index >= 15 is 0 Å². The fraction of sp³-hybridized carbons (Fsp3) is 0.200. The summed E-state index contributed by atoms with van der Waals surface area (Å²) in [7, 11) is 3.92. The second kappa shape index (κ2) is 3.86. The summed E-state index contributed by atoms with van der Waals surface area (Å²) < 4.78 is 0. The third kappa shape index (κ3) is 2.07. The van der Waals surface area contributed by atoms with E-state index in [1.165, 1.54) is 11.3 Å². The van der Waals surface area contributed by atoms with Crippen molar-refractivity contribution in [2.45, 2.75) is 0 Å². The first-order chi connectivity index (χ1) is 7.16. The molecule has 0 bridgehead atoms. The first-order valence-electron chi connectivity index (χ1n) is 4.51. The highest BCUT2D eigenvalue weighted by Gasteiger charge is 2.03. The molecular weight excluding hydrogens is 208 g/mol. The van der Waals surface area contributed by atoms with Gasteiger partial charge in [-0.2, -0.15) is 0 Å². The van der Waals surface area contributed by atoms with Crippen LogP contribution in [0.1, 0.15) is 0 Å². The second-order valence-corrected chi connectivity index (χ2v) is 4.26. The molecule has 0 atom stereocenters. The smallest absolute Gasteiger partial charge is 0.180 e. The summed E-state index contributed by atoms with van der Waals surface area (Å²) in [6, 6.07) is 3.96. The average Bonchev–Trinajstić information content (AvgIpc) is 2.65. The van der Waals surface area contributed by atoms with Crippen molar-refractivity contribution in [3.05, 3.63) is 23.7 Å². The van der Waals surface area contributed by atoms with Gasteiger partial charge in [0.1, 0.15) is 5.82 Å². The molecule has 0 aromatic carbocycles. The maximum Gasteiger partial charge on any atom is 0.180 e. The van der Waals surface area contributed by atoms with Crippen LogP contribution in [0, 0.1) is 0 Å². The molecule has 0 fully saturated rings. The SMILES string of the molecule is CN(C)c1ccc(-c2csc(N)n2)cn1. The van der Waals surface area contributed by atoms with Gasteiger partial charge < -0.3 is 10.6 Å². The van der Waals surface area contributed by atoms with Crippen molar-refractivity contribution < 1.29 is 0 Å². The van der Waals surface area contributed by atoms with Crippen molar-refractivity contribution in [3.8, 4) is 11.3 Å². The molecule has 4 nitrogen and oxygen atoms in total. The molecule has 2 N–H and O–H groups in total. The second-order valence-electron chi connectivity index (χ2n) is 3.37. The molecule has 0 saturated carbocycles. The Morgan fingerprint density at radius 3 is 2.60 bits per heavy atom. The summed E-state index contributed by atoms with van der Waals surface area (Å²) >= 11 is 1.44. The van der Waals surface area contributed by atoms with Crippen LogP contribution in [-0.2, 0) is 0 Å². The molecule has 2 rings (SSSR count). The van der Waals surface area contributed by atoms with Crippen LogP contribution in [0.25, 0.3) is 11.3 Å². The van der Waals surface area contributed by atoms with E-state index in [0.717, 1.165) is 17.1 Å². The molecule has 2 aromatic rings. The Balaban J connectivity index is 2.31. The van der Waals surface area contributed by atoms with E-state index in [-0.39, 0.29) is 0 Å². The molecule has 0 amide bonds. The van der Waals surface area contributed by atoms with Crippen LogP contribution in [0.2, 0.25) is 0 Å². The topological polar surface area (TPSA) is 55.0 Å². The van der Waals surface area contributed by atoms with Crippen LogP contribution < -0.4 is 10.6 Å². The minimum atomic E-state index is 0.585. The molecule has 0 aliphatic rings. The van der Waals surface area contributed by atoms with E-state index in [2.05, 4.69) is 9.97 Å². The number of hydrogen-bond acceptors (Lipinski definition) is 5. The number of aromatic nitrogens is 2. The highest BCUT2D eigenvalue weighted by Crippen LogP contribution is 2.23. The van der Waals surface area contributed by atoms with E-state index in [9.17, 15) is 0 Å². The zero-order chi connectivity index (χ0) is 10.8. The van der Waals surface area contributed by atoms with E-state index in [4.69, 9.17) is 5.73 Å². The number of nitrogen functional groups attached to an aromatic ring is 1. The summed E-state index contributed by atoms with van der Waals surface area (Å²) in [5, 5.41) is 2.52. The van der Waals surface area contributed by atoms with Crippen molar-refractivity contribution in [3.63, 3.8) is 0 Å². The number of anilines is 2. The largest absolute Gasteiger partial charge is 0.375 e. The number of hydrogen-bond donors (Lipinski definition) is 1. The molecule has 0 unspecified atom stereocenters. The molecule has 0 saturated heterocycles. The molecule has 0 aliphatic heterocycles.